The monoisotopic (exact) mass is 227 g/mol. The van der Waals surface area contributed by atoms with Crippen LogP contribution in [0, 0.1) is 11.3 Å². The van der Waals surface area contributed by atoms with E-state index in [9.17, 15) is 9.90 Å². The molecule has 0 bridgehead atoms. The van der Waals surface area contributed by atoms with Gasteiger partial charge in [0.25, 0.3) is 0 Å². The first-order valence-electron chi connectivity index (χ1n) is 6.31. The van der Waals surface area contributed by atoms with Crippen molar-refractivity contribution in [1.82, 2.24) is 4.90 Å². The van der Waals surface area contributed by atoms with E-state index in [2.05, 4.69) is 25.7 Å². The van der Waals surface area contributed by atoms with Crippen LogP contribution in [0.5, 0.6) is 0 Å². The van der Waals surface area contributed by atoms with E-state index in [-0.39, 0.29) is 0 Å². The molecule has 1 saturated carbocycles. The summed E-state index contributed by atoms with van der Waals surface area (Å²) in [6, 6.07) is 0.411. The predicted molar refractivity (Wildman–Crippen MR) is 65.5 cm³/mol. The molecule has 3 nitrogen and oxygen atoms in total. The zero-order chi connectivity index (χ0) is 12.3. The molecule has 0 radical (unpaired) electrons. The zero-order valence-electron chi connectivity index (χ0n) is 11.0. The van der Waals surface area contributed by atoms with Crippen LogP contribution in [0.3, 0.4) is 0 Å². The molecule has 0 saturated heterocycles. The summed E-state index contributed by atoms with van der Waals surface area (Å²) in [5.74, 6) is -0.0584. The predicted octanol–water partition coefficient (Wildman–Crippen LogP) is 2.61. The summed E-state index contributed by atoms with van der Waals surface area (Å²) in [7, 11) is 2.02. The average molecular weight is 227 g/mol. The van der Waals surface area contributed by atoms with Crippen LogP contribution in [-0.4, -0.2) is 35.6 Å². The Morgan fingerprint density at radius 2 is 2.19 bits per heavy atom. The first-order valence-corrected chi connectivity index (χ1v) is 6.31. The molecule has 2 unspecified atom stereocenters. The Bertz CT molecular complexity index is 252. The lowest BCUT2D eigenvalue weighted by atomic mass is 9.69. The highest BCUT2D eigenvalue weighted by Gasteiger charge is 2.42. The molecule has 94 valence electrons. The number of hydrogen-bond acceptors (Lipinski definition) is 2. The van der Waals surface area contributed by atoms with Crippen LogP contribution < -0.4 is 0 Å². The van der Waals surface area contributed by atoms with Crippen LogP contribution in [0.1, 0.15) is 46.5 Å². The van der Waals surface area contributed by atoms with Crippen molar-refractivity contribution in [3.63, 3.8) is 0 Å². The second-order valence-electron chi connectivity index (χ2n) is 5.80. The third-order valence-electron chi connectivity index (χ3n) is 3.98. The summed E-state index contributed by atoms with van der Waals surface area (Å²) >= 11 is 0. The van der Waals surface area contributed by atoms with E-state index in [1.807, 2.05) is 7.05 Å². The van der Waals surface area contributed by atoms with Gasteiger partial charge in [0.15, 0.2) is 0 Å². The van der Waals surface area contributed by atoms with Gasteiger partial charge in [-0.3, -0.25) is 4.79 Å². The average Bonchev–Trinajstić information content (AvgIpc) is 2.17. The maximum atomic E-state index is 11.6. The first-order chi connectivity index (χ1) is 7.37. The van der Waals surface area contributed by atoms with Gasteiger partial charge in [0, 0.05) is 12.6 Å². The lowest BCUT2D eigenvalue weighted by molar-refractivity contribution is -0.153. The van der Waals surface area contributed by atoms with Crippen LogP contribution in [0.15, 0.2) is 0 Å². The van der Waals surface area contributed by atoms with E-state index < -0.39 is 11.4 Å². The molecule has 0 heterocycles. The summed E-state index contributed by atoms with van der Waals surface area (Å²) in [4.78, 5) is 13.7. The Morgan fingerprint density at radius 1 is 1.56 bits per heavy atom. The zero-order valence-corrected chi connectivity index (χ0v) is 11.0. The van der Waals surface area contributed by atoms with Gasteiger partial charge in [-0.1, -0.05) is 19.8 Å². The molecule has 0 aromatic carbocycles. The van der Waals surface area contributed by atoms with E-state index in [1.165, 1.54) is 6.42 Å². The van der Waals surface area contributed by atoms with Crippen molar-refractivity contribution in [3.8, 4) is 0 Å². The number of carbonyl (C=O) groups is 1. The standard InChI is InChI=1S/C13H25NO2/c1-10(2)14(4)9-13(12(15)16)7-5-6-11(3)8-13/h10-11H,5-9H2,1-4H3,(H,15,16). The molecule has 1 N–H and O–H groups in total. The van der Waals surface area contributed by atoms with Crippen LogP contribution in [0.2, 0.25) is 0 Å². The Kier molecular flexibility index (Phi) is 4.36. The molecule has 1 aliphatic rings. The van der Waals surface area contributed by atoms with Crippen LogP contribution in [0.4, 0.5) is 0 Å². The summed E-state index contributed by atoms with van der Waals surface area (Å²) < 4.78 is 0. The first kappa shape index (κ1) is 13.5. The summed E-state index contributed by atoms with van der Waals surface area (Å²) in [6.45, 7) is 7.08. The van der Waals surface area contributed by atoms with Crippen LogP contribution in [-0.2, 0) is 4.79 Å². The second kappa shape index (κ2) is 5.17. The van der Waals surface area contributed by atoms with E-state index in [0.717, 1.165) is 19.3 Å². The molecule has 2 atom stereocenters. The summed E-state index contributed by atoms with van der Waals surface area (Å²) in [5, 5.41) is 9.51. The van der Waals surface area contributed by atoms with Crippen LogP contribution in [0.25, 0.3) is 0 Å². The Balaban J connectivity index is 2.76. The summed E-state index contributed by atoms with van der Waals surface area (Å²) in [6.07, 6.45) is 3.91. The van der Waals surface area contributed by atoms with Crippen molar-refractivity contribution in [1.29, 1.82) is 0 Å². The molecule has 0 aromatic rings. The van der Waals surface area contributed by atoms with E-state index in [0.29, 0.717) is 18.5 Å². The molecule has 0 spiro atoms. The minimum Gasteiger partial charge on any atom is -0.481 e. The lowest BCUT2D eigenvalue weighted by Crippen LogP contribution is -2.46. The third kappa shape index (κ3) is 2.97. The summed E-state index contributed by atoms with van der Waals surface area (Å²) in [5.41, 5.74) is -0.503. The normalized spacial score (nSPS) is 31.0. The highest BCUT2D eigenvalue weighted by molar-refractivity contribution is 5.75. The number of aliphatic carboxylic acids is 1. The molecular weight excluding hydrogens is 202 g/mol. The fourth-order valence-electron chi connectivity index (χ4n) is 2.73. The number of nitrogens with zero attached hydrogens (tertiary/aromatic N) is 1. The van der Waals surface area contributed by atoms with Gasteiger partial charge in [-0.05, 0) is 39.7 Å². The molecule has 0 aliphatic heterocycles. The van der Waals surface area contributed by atoms with Gasteiger partial charge in [0.05, 0.1) is 5.41 Å². The van der Waals surface area contributed by atoms with Gasteiger partial charge >= 0.3 is 5.97 Å². The van der Waals surface area contributed by atoms with E-state index in [4.69, 9.17) is 0 Å². The van der Waals surface area contributed by atoms with Gasteiger partial charge in [0.1, 0.15) is 0 Å². The van der Waals surface area contributed by atoms with Gasteiger partial charge < -0.3 is 10.0 Å². The SMILES string of the molecule is CC1CCCC(CN(C)C(C)C)(C(=O)O)C1. The van der Waals surface area contributed by atoms with E-state index >= 15 is 0 Å². The highest BCUT2D eigenvalue weighted by Crippen LogP contribution is 2.40. The molecule has 0 amide bonds. The van der Waals surface area contributed by atoms with Crippen molar-refractivity contribution in [2.24, 2.45) is 11.3 Å². The molecule has 1 fully saturated rings. The molecule has 1 rings (SSSR count). The Morgan fingerprint density at radius 3 is 2.62 bits per heavy atom. The highest BCUT2D eigenvalue weighted by atomic mass is 16.4. The molecular formula is C13H25NO2. The fraction of sp³-hybridized carbons (Fsp3) is 0.923. The molecule has 0 aromatic heterocycles. The minimum absolute atomic E-state index is 0.411. The van der Waals surface area contributed by atoms with Crippen molar-refractivity contribution < 1.29 is 9.90 Å². The number of carboxylic acid groups (broad SMARTS) is 1. The Hall–Kier alpha value is -0.570. The van der Waals surface area contributed by atoms with Gasteiger partial charge in [0.2, 0.25) is 0 Å². The van der Waals surface area contributed by atoms with Crippen molar-refractivity contribution in [2.45, 2.75) is 52.5 Å². The second-order valence-corrected chi connectivity index (χ2v) is 5.80. The van der Waals surface area contributed by atoms with Gasteiger partial charge in [-0.15, -0.1) is 0 Å². The van der Waals surface area contributed by atoms with Crippen LogP contribution >= 0.6 is 0 Å². The quantitative estimate of drug-likeness (QED) is 0.802. The van der Waals surface area contributed by atoms with E-state index in [1.54, 1.807) is 0 Å². The number of hydrogen-bond donors (Lipinski definition) is 1. The maximum Gasteiger partial charge on any atom is 0.310 e. The smallest absolute Gasteiger partial charge is 0.310 e. The Labute approximate surface area is 98.8 Å². The lowest BCUT2D eigenvalue weighted by Gasteiger charge is -2.40. The topological polar surface area (TPSA) is 40.5 Å². The van der Waals surface area contributed by atoms with Crippen molar-refractivity contribution in [2.75, 3.05) is 13.6 Å². The molecule has 1 aliphatic carbocycles. The number of carboxylic acids is 1. The maximum absolute atomic E-state index is 11.6. The fourth-order valence-corrected chi connectivity index (χ4v) is 2.73. The van der Waals surface area contributed by atoms with Gasteiger partial charge in [-0.2, -0.15) is 0 Å². The molecule has 3 heteroatoms. The van der Waals surface area contributed by atoms with Crippen molar-refractivity contribution in [3.05, 3.63) is 0 Å². The van der Waals surface area contributed by atoms with Gasteiger partial charge in [-0.25, -0.2) is 0 Å². The third-order valence-corrected chi connectivity index (χ3v) is 3.98. The molecule has 16 heavy (non-hydrogen) atoms. The van der Waals surface area contributed by atoms with Crippen molar-refractivity contribution >= 4 is 5.97 Å². The number of rotatable bonds is 4. The largest absolute Gasteiger partial charge is 0.481 e. The minimum atomic E-state index is -0.605.